The maximum Gasteiger partial charge on any atom is 0.320 e. The zero-order chi connectivity index (χ0) is 11.3. The van der Waals surface area contributed by atoms with Crippen molar-refractivity contribution in [3.63, 3.8) is 0 Å². The van der Waals surface area contributed by atoms with E-state index in [9.17, 15) is 4.79 Å². The van der Waals surface area contributed by atoms with Crippen LogP contribution in [0.4, 0.5) is 4.79 Å². The number of nitrogens with one attached hydrogen (secondary N) is 1. The molecule has 0 aromatic rings. The fourth-order valence-corrected chi connectivity index (χ4v) is 2.05. The fourth-order valence-electron chi connectivity index (χ4n) is 2.05. The molecule has 0 aromatic carbocycles. The van der Waals surface area contributed by atoms with Crippen LogP contribution in [0.5, 0.6) is 0 Å². The Balaban J connectivity index is 2.58. The number of carbonyl (C=O) groups is 1. The molecular weight excluding hydrogens is 190 g/mol. The van der Waals surface area contributed by atoms with Gasteiger partial charge in [0.25, 0.3) is 0 Å². The van der Waals surface area contributed by atoms with E-state index >= 15 is 0 Å². The number of likely N-dealkylation sites (N-methyl/N-ethyl adjacent to an activating group) is 1. The van der Waals surface area contributed by atoms with Crippen molar-refractivity contribution in [1.82, 2.24) is 15.1 Å². The summed E-state index contributed by atoms with van der Waals surface area (Å²) in [5, 5.41) is 3.17. The average Bonchev–Trinajstić information content (AvgIpc) is 2.28. The molecule has 1 saturated heterocycles. The van der Waals surface area contributed by atoms with Gasteiger partial charge in [0, 0.05) is 32.7 Å². The van der Waals surface area contributed by atoms with E-state index in [1.807, 2.05) is 25.9 Å². The summed E-state index contributed by atoms with van der Waals surface area (Å²) in [4.78, 5) is 15.8. The highest BCUT2D eigenvalue weighted by Crippen LogP contribution is 2.17. The summed E-state index contributed by atoms with van der Waals surface area (Å²) >= 11 is 0. The van der Waals surface area contributed by atoms with Crippen LogP contribution < -0.4 is 5.32 Å². The lowest BCUT2D eigenvalue weighted by Gasteiger charge is -2.37. The Labute approximate surface area is 92.6 Å². The summed E-state index contributed by atoms with van der Waals surface area (Å²) in [5.41, 5.74) is 0. The largest absolute Gasteiger partial charge is 0.328 e. The number of piperidine rings is 1. The van der Waals surface area contributed by atoms with Gasteiger partial charge >= 0.3 is 6.03 Å². The Morgan fingerprint density at radius 1 is 1.53 bits per heavy atom. The molecule has 4 nitrogen and oxygen atoms in total. The molecule has 1 heterocycles. The third-order valence-corrected chi connectivity index (χ3v) is 3.11. The fraction of sp³-hybridized carbons (Fsp3) is 0.909. The quantitative estimate of drug-likeness (QED) is 0.763. The second-order valence-electron chi connectivity index (χ2n) is 4.20. The van der Waals surface area contributed by atoms with E-state index in [1.165, 1.54) is 6.42 Å². The van der Waals surface area contributed by atoms with Crippen LogP contribution in [0.1, 0.15) is 26.2 Å². The molecule has 0 radical (unpaired) electrons. The number of amides is 2. The van der Waals surface area contributed by atoms with Gasteiger partial charge in [-0.05, 0) is 33.2 Å². The van der Waals surface area contributed by atoms with Crippen molar-refractivity contribution in [2.45, 2.75) is 32.2 Å². The minimum absolute atomic E-state index is 0.178. The van der Waals surface area contributed by atoms with Crippen molar-refractivity contribution in [2.24, 2.45) is 0 Å². The van der Waals surface area contributed by atoms with E-state index in [4.69, 9.17) is 0 Å². The molecular formula is C11H23N3O. The number of nitrogens with zero attached hydrogens (tertiary/aromatic N) is 2. The summed E-state index contributed by atoms with van der Waals surface area (Å²) in [6, 6.07) is 0.558. The third-order valence-electron chi connectivity index (χ3n) is 3.11. The van der Waals surface area contributed by atoms with Crippen molar-refractivity contribution in [1.29, 1.82) is 0 Å². The predicted molar refractivity (Wildman–Crippen MR) is 62.0 cm³/mol. The maximum atomic E-state index is 12.0. The van der Waals surface area contributed by atoms with Gasteiger partial charge < -0.3 is 15.1 Å². The van der Waals surface area contributed by atoms with Gasteiger partial charge in [-0.25, -0.2) is 4.79 Å². The lowest BCUT2D eigenvalue weighted by molar-refractivity contribution is 0.124. The van der Waals surface area contributed by atoms with E-state index in [-0.39, 0.29) is 6.03 Å². The highest BCUT2D eigenvalue weighted by molar-refractivity contribution is 5.74. The minimum Gasteiger partial charge on any atom is -0.328 e. The van der Waals surface area contributed by atoms with Crippen LogP contribution >= 0.6 is 0 Å². The maximum absolute atomic E-state index is 12.0. The van der Waals surface area contributed by atoms with Crippen LogP contribution in [-0.4, -0.2) is 55.6 Å². The van der Waals surface area contributed by atoms with Crippen LogP contribution in [0.3, 0.4) is 0 Å². The Morgan fingerprint density at radius 2 is 2.27 bits per heavy atom. The van der Waals surface area contributed by atoms with Crippen molar-refractivity contribution in [3.8, 4) is 0 Å². The van der Waals surface area contributed by atoms with Crippen molar-refractivity contribution in [2.75, 3.05) is 33.7 Å². The molecule has 1 aliphatic rings. The average molecular weight is 213 g/mol. The summed E-state index contributed by atoms with van der Waals surface area (Å²) < 4.78 is 0. The first kappa shape index (κ1) is 12.3. The van der Waals surface area contributed by atoms with Gasteiger partial charge in [0.2, 0.25) is 0 Å². The first-order valence-corrected chi connectivity index (χ1v) is 5.87. The Bertz CT molecular complexity index is 206. The zero-order valence-corrected chi connectivity index (χ0v) is 10.1. The molecule has 1 rings (SSSR count). The molecule has 1 N–H and O–H groups in total. The molecule has 1 aliphatic heterocycles. The lowest BCUT2D eigenvalue weighted by Crippen LogP contribution is -2.52. The number of rotatable bonds is 3. The SMILES string of the molecule is CCN(C)C(=O)N1CCCCC1CNC. The topological polar surface area (TPSA) is 35.6 Å². The van der Waals surface area contributed by atoms with E-state index in [0.717, 1.165) is 32.5 Å². The Kier molecular flexibility index (Phi) is 4.88. The van der Waals surface area contributed by atoms with Gasteiger partial charge in [-0.15, -0.1) is 0 Å². The van der Waals surface area contributed by atoms with Crippen molar-refractivity contribution < 1.29 is 4.79 Å². The molecule has 4 heteroatoms. The van der Waals surface area contributed by atoms with Gasteiger partial charge in [-0.1, -0.05) is 0 Å². The van der Waals surface area contributed by atoms with Gasteiger partial charge in [0.1, 0.15) is 0 Å². The third kappa shape index (κ3) is 3.09. The van der Waals surface area contributed by atoms with Crippen LogP contribution in [0.2, 0.25) is 0 Å². The molecule has 0 spiro atoms. The number of hydrogen-bond acceptors (Lipinski definition) is 2. The molecule has 0 saturated carbocycles. The van der Waals surface area contributed by atoms with Crippen LogP contribution in [0.15, 0.2) is 0 Å². The molecule has 0 bridgehead atoms. The van der Waals surface area contributed by atoms with Crippen LogP contribution in [0, 0.1) is 0 Å². The second kappa shape index (κ2) is 5.95. The zero-order valence-electron chi connectivity index (χ0n) is 10.1. The van der Waals surface area contributed by atoms with Gasteiger partial charge in [0.15, 0.2) is 0 Å². The Morgan fingerprint density at radius 3 is 2.87 bits per heavy atom. The first-order chi connectivity index (χ1) is 7.20. The molecule has 1 unspecified atom stereocenters. The van der Waals surface area contributed by atoms with Gasteiger partial charge in [-0.2, -0.15) is 0 Å². The number of hydrogen-bond donors (Lipinski definition) is 1. The summed E-state index contributed by atoms with van der Waals surface area (Å²) in [6.45, 7) is 4.61. The monoisotopic (exact) mass is 213 g/mol. The molecule has 88 valence electrons. The lowest BCUT2D eigenvalue weighted by atomic mass is 10.0. The highest BCUT2D eigenvalue weighted by atomic mass is 16.2. The standard InChI is InChI=1S/C11H23N3O/c1-4-13(3)11(15)14-8-6-5-7-10(14)9-12-2/h10,12H,4-9H2,1-3H3. The van der Waals surface area contributed by atoms with E-state index in [1.54, 1.807) is 4.90 Å². The normalized spacial score (nSPS) is 21.5. The van der Waals surface area contributed by atoms with Crippen molar-refractivity contribution >= 4 is 6.03 Å². The molecule has 0 aliphatic carbocycles. The summed E-state index contributed by atoms with van der Waals surface area (Å²) in [5.74, 6) is 0. The summed E-state index contributed by atoms with van der Waals surface area (Å²) in [7, 11) is 3.81. The smallest absolute Gasteiger partial charge is 0.320 e. The number of carbonyl (C=O) groups excluding carboxylic acids is 1. The molecule has 1 atom stereocenters. The van der Waals surface area contributed by atoms with Crippen molar-refractivity contribution in [3.05, 3.63) is 0 Å². The Hall–Kier alpha value is -0.770. The van der Waals surface area contributed by atoms with Crippen LogP contribution in [0.25, 0.3) is 0 Å². The van der Waals surface area contributed by atoms with E-state index in [0.29, 0.717) is 6.04 Å². The second-order valence-corrected chi connectivity index (χ2v) is 4.20. The minimum atomic E-state index is 0.178. The number of likely N-dealkylation sites (tertiary alicyclic amines) is 1. The highest BCUT2D eigenvalue weighted by Gasteiger charge is 2.27. The van der Waals surface area contributed by atoms with Crippen LogP contribution in [-0.2, 0) is 0 Å². The van der Waals surface area contributed by atoms with Gasteiger partial charge in [-0.3, -0.25) is 0 Å². The first-order valence-electron chi connectivity index (χ1n) is 5.87. The number of urea groups is 1. The molecule has 0 aromatic heterocycles. The van der Waals surface area contributed by atoms with Gasteiger partial charge in [0.05, 0.1) is 0 Å². The van der Waals surface area contributed by atoms with E-state index in [2.05, 4.69) is 5.32 Å². The summed E-state index contributed by atoms with van der Waals surface area (Å²) in [6.07, 6.45) is 3.51. The van der Waals surface area contributed by atoms with E-state index < -0.39 is 0 Å². The molecule has 15 heavy (non-hydrogen) atoms. The molecule has 1 fully saturated rings. The molecule has 2 amide bonds. The predicted octanol–water partition coefficient (Wildman–Crippen LogP) is 1.13.